The van der Waals surface area contributed by atoms with Crippen LogP contribution in [-0.4, -0.2) is 29.0 Å². The van der Waals surface area contributed by atoms with Crippen molar-refractivity contribution < 1.29 is 4.79 Å². The predicted molar refractivity (Wildman–Crippen MR) is 85.3 cm³/mol. The average molecular weight is 296 g/mol. The van der Waals surface area contributed by atoms with Crippen LogP contribution in [0.2, 0.25) is 0 Å². The lowest BCUT2D eigenvalue weighted by Gasteiger charge is -2.32. The van der Waals surface area contributed by atoms with Gasteiger partial charge in [0, 0.05) is 32.0 Å². The topological polar surface area (TPSA) is 58.1 Å². The Bertz CT molecular complexity index is 603. The molecule has 1 atom stereocenters. The Labute approximate surface area is 130 Å². The summed E-state index contributed by atoms with van der Waals surface area (Å²) in [5.74, 6) is 0.986. The summed E-state index contributed by atoms with van der Waals surface area (Å²) in [5.41, 5.74) is 1.12. The second-order valence-corrected chi connectivity index (χ2v) is 5.55. The second-order valence-electron chi connectivity index (χ2n) is 5.55. The summed E-state index contributed by atoms with van der Waals surface area (Å²) in [5, 5.41) is 3.04. The van der Waals surface area contributed by atoms with E-state index in [4.69, 9.17) is 0 Å². The Kier molecular flexibility index (Phi) is 4.63. The van der Waals surface area contributed by atoms with Gasteiger partial charge in [-0.1, -0.05) is 30.3 Å². The van der Waals surface area contributed by atoms with Crippen molar-refractivity contribution in [3.05, 3.63) is 54.5 Å². The predicted octanol–water partition coefficient (Wildman–Crippen LogP) is 2.01. The number of nitrogens with one attached hydrogen (secondary N) is 1. The number of hydrogen-bond donors (Lipinski definition) is 1. The highest BCUT2D eigenvalue weighted by molar-refractivity contribution is 5.79. The molecule has 114 valence electrons. The quantitative estimate of drug-likeness (QED) is 0.937. The van der Waals surface area contributed by atoms with Gasteiger partial charge in [-0.05, 0) is 18.4 Å². The molecule has 22 heavy (non-hydrogen) atoms. The van der Waals surface area contributed by atoms with Gasteiger partial charge in [-0.15, -0.1) is 0 Å². The summed E-state index contributed by atoms with van der Waals surface area (Å²) in [4.78, 5) is 22.9. The Hall–Kier alpha value is -2.43. The molecular weight excluding hydrogens is 276 g/mol. The monoisotopic (exact) mass is 296 g/mol. The van der Waals surface area contributed by atoms with Crippen molar-refractivity contribution in [3.63, 3.8) is 0 Å². The second kappa shape index (κ2) is 7.02. The van der Waals surface area contributed by atoms with Gasteiger partial charge in [-0.3, -0.25) is 9.78 Å². The number of hydrogen-bond acceptors (Lipinski definition) is 4. The van der Waals surface area contributed by atoms with Crippen molar-refractivity contribution in [1.82, 2.24) is 15.3 Å². The van der Waals surface area contributed by atoms with Crippen LogP contribution in [0.5, 0.6) is 0 Å². The van der Waals surface area contributed by atoms with E-state index in [1.165, 1.54) is 0 Å². The summed E-state index contributed by atoms with van der Waals surface area (Å²) in [6.45, 7) is 2.22. The van der Waals surface area contributed by atoms with Crippen LogP contribution >= 0.6 is 0 Å². The number of carbonyl (C=O) groups is 1. The molecule has 5 nitrogen and oxygen atoms in total. The van der Waals surface area contributed by atoms with Gasteiger partial charge in [0.25, 0.3) is 0 Å². The maximum absolute atomic E-state index is 12.4. The van der Waals surface area contributed by atoms with Gasteiger partial charge in [0.05, 0.1) is 12.1 Å². The van der Waals surface area contributed by atoms with E-state index in [1.807, 2.05) is 30.3 Å². The molecule has 0 unspecified atom stereocenters. The normalized spacial score (nSPS) is 18.0. The number of piperidine rings is 1. The Balaban J connectivity index is 1.56. The van der Waals surface area contributed by atoms with Crippen molar-refractivity contribution in [3.8, 4) is 0 Å². The molecule has 0 saturated carbocycles. The highest BCUT2D eigenvalue weighted by Crippen LogP contribution is 2.21. The van der Waals surface area contributed by atoms with Crippen molar-refractivity contribution >= 4 is 11.7 Å². The molecule has 0 radical (unpaired) electrons. The third-order valence-corrected chi connectivity index (χ3v) is 3.98. The van der Waals surface area contributed by atoms with Crippen LogP contribution < -0.4 is 10.2 Å². The van der Waals surface area contributed by atoms with Gasteiger partial charge in [-0.2, -0.15) is 0 Å². The zero-order valence-corrected chi connectivity index (χ0v) is 12.5. The van der Waals surface area contributed by atoms with Gasteiger partial charge in [0.1, 0.15) is 5.82 Å². The van der Waals surface area contributed by atoms with Crippen molar-refractivity contribution in [1.29, 1.82) is 0 Å². The Morgan fingerprint density at radius 2 is 2.14 bits per heavy atom. The number of carbonyl (C=O) groups excluding carboxylic acids is 1. The van der Waals surface area contributed by atoms with E-state index in [2.05, 4.69) is 20.2 Å². The summed E-state index contributed by atoms with van der Waals surface area (Å²) in [7, 11) is 0. The largest absolute Gasteiger partial charge is 0.355 e. The number of benzene rings is 1. The maximum Gasteiger partial charge on any atom is 0.225 e. The number of rotatable bonds is 4. The molecule has 2 heterocycles. The lowest BCUT2D eigenvalue weighted by Crippen LogP contribution is -2.43. The van der Waals surface area contributed by atoms with E-state index in [1.54, 1.807) is 18.6 Å². The van der Waals surface area contributed by atoms with Crippen molar-refractivity contribution in [2.45, 2.75) is 19.4 Å². The maximum atomic E-state index is 12.4. The van der Waals surface area contributed by atoms with E-state index >= 15 is 0 Å². The minimum Gasteiger partial charge on any atom is -0.355 e. The number of anilines is 1. The van der Waals surface area contributed by atoms with Gasteiger partial charge >= 0.3 is 0 Å². The molecule has 3 rings (SSSR count). The lowest BCUT2D eigenvalue weighted by atomic mass is 9.97. The van der Waals surface area contributed by atoms with Crippen LogP contribution in [0, 0.1) is 5.92 Å². The van der Waals surface area contributed by atoms with Gasteiger partial charge in [0.15, 0.2) is 0 Å². The molecule has 1 N–H and O–H groups in total. The first-order valence-corrected chi connectivity index (χ1v) is 7.65. The summed E-state index contributed by atoms with van der Waals surface area (Å²) < 4.78 is 0. The van der Waals surface area contributed by atoms with Gasteiger partial charge < -0.3 is 10.2 Å². The molecule has 0 spiro atoms. The van der Waals surface area contributed by atoms with E-state index in [0.29, 0.717) is 13.1 Å². The molecule has 1 saturated heterocycles. The molecule has 1 aliphatic rings. The molecule has 5 heteroatoms. The lowest BCUT2D eigenvalue weighted by molar-refractivity contribution is -0.125. The van der Waals surface area contributed by atoms with Gasteiger partial charge in [-0.25, -0.2) is 4.98 Å². The smallest absolute Gasteiger partial charge is 0.225 e. The number of nitrogens with zero attached hydrogens (tertiary/aromatic N) is 3. The zero-order valence-electron chi connectivity index (χ0n) is 12.5. The molecule has 0 bridgehead atoms. The van der Waals surface area contributed by atoms with Gasteiger partial charge in [0.2, 0.25) is 5.91 Å². The summed E-state index contributed by atoms with van der Waals surface area (Å²) in [6.07, 6.45) is 7.04. The standard InChI is InChI=1S/C17H20N4O/c22-17(20-11-14-5-2-1-3-6-14)15-7-4-10-21(13-15)16-12-18-8-9-19-16/h1-3,5-6,8-9,12,15H,4,7,10-11,13H2,(H,20,22)/t15-/m0/s1. The van der Waals surface area contributed by atoms with E-state index < -0.39 is 0 Å². The molecular formula is C17H20N4O. The minimum atomic E-state index is 0.0134. The molecule has 1 aromatic heterocycles. The van der Waals surface area contributed by atoms with Crippen molar-refractivity contribution in [2.24, 2.45) is 5.92 Å². The van der Waals surface area contributed by atoms with Crippen molar-refractivity contribution in [2.75, 3.05) is 18.0 Å². The third kappa shape index (κ3) is 3.61. The van der Waals surface area contributed by atoms with Crippen LogP contribution in [0.3, 0.4) is 0 Å². The first-order valence-electron chi connectivity index (χ1n) is 7.65. The first-order chi connectivity index (χ1) is 10.8. The highest BCUT2D eigenvalue weighted by atomic mass is 16.1. The van der Waals surface area contributed by atoms with Crippen LogP contribution in [0.1, 0.15) is 18.4 Å². The van der Waals surface area contributed by atoms with E-state index in [9.17, 15) is 4.79 Å². The first kappa shape index (κ1) is 14.5. The third-order valence-electron chi connectivity index (χ3n) is 3.98. The van der Waals surface area contributed by atoms with Crippen LogP contribution in [-0.2, 0) is 11.3 Å². The fourth-order valence-corrected chi connectivity index (χ4v) is 2.78. The fourth-order valence-electron chi connectivity index (χ4n) is 2.78. The highest BCUT2D eigenvalue weighted by Gasteiger charge is 2.26. The van der Waals surface area contributed by atoms with Crippen LogP contribution in [0.25, 0.3) is 0 Å². The molecule has 0 aliphatic carbocycles. The zero-order chi connectivity index (χ0) is 15.2. The fraction of sp³-hybridized carbons (Fsp3) is 0.353. The molecule has 2 aromatic rings. The molecule has 1 aliphatic heterocycles. The number of amides is 1. The van der Waals surface area contributed by atoms with Crippen LogP contribution in [0.15, 0.2) is 48.9 Å². The van der Waals surface area contributed by atoms with E-state index in [0.717, 1.165) is 30.8 Å². The minimum absolute atomic E-state index is 0.0134. The molecule has 1 amide bonds. The number of aromatic nitrogens is 2. The average Bonchev–Trinajstić information content (AvgIpc) is 2.61. The van der Waals surface area contributed by atoms with Crippen LogP contribution in [0.4, 0.5) is 5.82 Å². The Morgan fingerprint density at radius 1 is 1.27 bits per heavy atom. The SMILES string of the molecule is O=C(NCc1ccccc1)[C@H]1CCCN(c2cnccn2)C1. The summed E-state index contributed by atoms with van der Waals surface area (Å²) >= 11 is 0. The van der Waals surface area contributed by atoms with E-state index in [-0.39, 0.29) is 11.8 Å². The Morgan fingerprint density at radius 3 is 2.91 bits per heavy atom. The molecule has 1 fully saturated rings. The molecule has 1 aromatic carbocycles. The summed E-state index contributed by atoms with van der Waals surface area (Å²) in [6, 6.07) is 9.99.